The molecule has 0 radical (unpaired) electrons. The molecule has 118 valence electrons. The van der Waals surface area contributed by atoms with Gasteiger partial charge in [-0.15, -0.1) is 0 Å². The van der Waals surface area contributed by atoms with Gasteiger partial charge in [-0.25, -0.2) is 4.79 Å². The van der Waals surface area contributed by atoms with E-state index in [0.29, 0.717) is 31.3 Å². The van der Waals surface area contributed by atoms with Gasteiger partial charge in [-0.05, 0) is 13.0 Å². The molecule has 0 atom stereocenters. The summed E-state index contributed by atoms with van der Waals surface area (Å²) in [5, 5.41) is 8.94. The second-order valence-corrected chi connectivity index (χ2v) is 4.59. The minimum absolute atomic E-state index is 0.0988. The lowest BCUT2D eigenvalue weighted by atomic mass is 10.2. The highest BCUT2D eigenvalue weighted by molar-refractivity contribution is 5.88. The predicted molar refractivity (Wildman–Crippen MR) is 74.2 cm³/mol. The molecular weight excluding hydrogens is 278 g/mol. The average molecular weight is 299 g/mol. The van der Waals surface area contributed by atoms with Crippen molar-refractivity contribution in [1.29, 1.82) is 0 Å². The van der Waals surface area contributed by atoms with E-state index in [0.717, 1.165) is 0 Å². The van der Waals surface area contributed by atoms with E-state index in [4.69, 9.17) is 19.0 Å². The Morgan fingerprint density at radius 3 is 2.62 bits per heavy atom. The van der Waals surface area contributed by atoms with Gasteiger partial charge in [-0.1, -0.05) is 0 Å². The Morgan fingerprint density at radius 2 is 2.05 bits per heavy atom. The highest BCUT2D eigenvalue weighted by Crippen LogP contribution is 2.16. The first-order valence-corrected chi connectivity index (χ1v) is 6.59. The van der Waals surface area contributed by atoms with Crippen LogP contribution in [0.4, 0.5) is 0 Å². The fraction of sp³-hybridized carbons (Fsp3) is 0.571. The van der Waals surface area contributed by atoms with Crippen molar-refractivity contribution in [2.24, 2.45) is 0 Å². The van der Waals surface area contributed by atoms with Crippen LogP contribution in [0.25, 0.3) is 0 Å². The molecule has 0 aliphatic heterocycles. The van der Waals surface area contributed by atoms with Crippen molar-refractivity contribution < 1.29 is 28.6 Å². The van der Waals surface area contributed by atoms with Crippen LogP contribution in [-0.4, -0.2) is 55.9 Å². The quantitative estimate of drug-likeness (QED) is 0.691. The first kappa shape index (κ1) is 17.2. The van der Waals surface area contributed by atoms with Gasteiger partial charge in [0.05, 0.1) is 32.8 Å². The maximum atomic E-state index is 11.9. The number of amides is 1. The summed E-state index contributed by atoms with van der Waals surface area (Å²) in [5.41, 5.74) is 0.119. The molecule has 7 heteroatoms. The Balaban J connectivity index is 2.41. The Labute approximate surface area is 123 Å². The summed E-state index contributed by atoms with van der Waals surface area (Å²) in [6.45, 7) is 3.08. The third kappa shape index (κ3) is 5.57. The van der Waals surface area contributed by atoms with E-state index >= 15 is 0 Å². The summed E-state index contributed by atoms with van der Waals surface area (Å²) < 4.78 is 15.4. The Hall–Kier alpha value is -1.86. The zero-order chi connectivity index (χ0) is 15.8. The van der Waals surface area contributed by atoms with Crippen molar-refractivity contribution in [3.8, 4) is 0 Å². The number of carboxylic acid groups (broad SMARTS) is 1. The van der Waals surface area contributed by atoms with Gasteiger partial charge in [0.2, 0.25) is 5.91 Å². The van der Waals surface area contributed by atoms with E-state index in [1.807, 2.05) is 0 Å². The molecule has 0 saturated carbocycles. The highest BCUT2D eigenvalue weighted by Gasteiger charge is 2.16. The number of aryl methyl sites for hydroxylation is 1. The predicted octanol–water partition coefficient (Wildman–Crippen LogP) is 1.30. The molecule has 1 aromatic rings. The fourth-order valence-electron chi connectivity index (χ4n) is 1.75. The molecule has 21 heavy (non-hydrogen) atoms. The molecule has 0 spiro atoms. The van der Waals surface area contributed by atoms with Crippen LogP contribution in [0.5, 0.6) is 0 Å². The van der Waals surface area contributed by atoms with Crippen LogP contribution in [0, 0.1) is 6.92 Å². The number of carboxylic acids is 1. The SMILES string of the molecule is COCCOCCC(=O)N(C)Cc1cc(C(=O)O)c(C)o1. The second kappa shape index (κ2) is 8.43. The highest BCUT2D eigenvalue weighted by atomic mass is 16.5. The molecule has 1 heterocycles. The molecule has 0 bridgehead atoms. The van der Waals surface area contributed by atoms with Gasteiger partial charge in [-0.2, -0.15) is 0 Å². The first-order valence-electron chi connectivity index (χ1n) is 6.59. The zero-order valence-corrected chi connectivity index (χ0v) is 12.5. The summed E-state index contributed by atoms with van der Waals surface area (Å²) in [6.07, 6.45) is 0.256. The normalized spacial score (nSPS) is 10.6. The number of nitrogens with zero attached hydrogens (tertiary/aromatic N) is 1. The lowest BCUT2D eigenvalue weighted by Crippen LogP contribution is -2.27. The largest absolute Gasteiger partial charge is 0.478 e. The summed E-state index contributed by atoms with van der Waals surface area (Å²) >= 11 is 0. The fourth-order valence-corrected chi connectivity index (χ4v) is 1.75. The third-order valence-electron chi connectivity index (χ3n) is 2.91. The van der Waals surface area contributed by atoms with Gasteiger partial charge in [0.25, 0.3) is 0 Å². The van der Waals surface area contributed by atoms with Gasteiger partial charge in [-0.3, -0.25) is 4.79 Å². The van der Waals surface area contributed by atoms with Crippen LogP contribution in [0.15, 0.2) is 10.5 Å². The van der Waals surface area contributed by atoms with Crippen LogP contribution in [0.3, 0.4) is 0 Å². The summed E-state index contributed by atoms with van der Waals surface area (Å²) in [6, 6.07) is 1.44. The lowest BCUT2D eigenvalue weighted by Gasteiger charge is -2.15. The van der Waals surface area contributed by atoms with Crippen molar-refractivity contribution in [2.45, 2.75) is 19.9 Å². The first-order chi connectivity index (χ1) is 9.95. The average Bonchev–Trinajstić information content (AvgIpc) is 2.79. The standard InChI is InChI=1S/C14H21NO6/c1-10-12(14(17)18)8-11(21-10)9-15(2)13(16)4-5-20-7-6-19-3/h8H,4-7,9H2,1-3H3,(H,17,18). The van der Waals surface area contributed by atoms with Gasteiger partial charge in [0.1, 0.15) is 17.1 Å². The molecule has 1 N–H and O–H groups in total. The van der Waals surface area contributed by atoms with Gasteiger partial charge >= 0.3 is 5.97 Å². The van der Waals surface area contributed by atoms with Crippen LogP contribution in [-0.2, 0) is 20.8 Å². The van der Waals surface area contributed by atoms with Crippen LogP contribution >= 0.6 is 0 Å². The van der Waals surface area contributed by atoms with E-state index in [1.54, 1.807) is 21.1 Å². The molecule has 0 aliphatic rings. The summed E-state index contributed by atoms with van der Waals surface area (Å²) in [4.78, 5) is 24.3. The smallest absolute Gasteiger partial charge is 0.339 e. The molecule has 7 nitrogen and oxygen atoms in total. The number of hydrogen-bond donors (Lipinski definition) is 1. The topological polar surface area (TPSA) is 89.2 Å². The van der Waals surface area contributed by atoms with E-state index < -0.39 is 5.97 Å². The maximum Gasteiger partial charge on any atom is 0.339 e. The van der Waals surface area contributed by atoms with Crippen molar-refractivity contribution >= 4 is 11.9 Å². The van der Waals surface area contributed by atoms with Crippen molar-refractivity contribution in [3.63, 3.8) is 0 Å². The molecule has 0 fully saturated rings. The number of aromatic carboxylic acids is 1. The minimum atomic E-state index is -1.04. The zero-order valence-electron chi connectivity index (χ0n) is 12.5. The third-order valence-corrected chi connectivity index (χ3v) is 2.91. The Morgan fingerprint density at radius 1 is 1.33 bits per heavy atom. The van der Waals surface area contributed by atoms with E-state index in [9.17, 15) is 9.59 Å². The molecule has 0 saturated heterocycles. The Bertz CT molecular complexity index is 482. The van der Waals surface area contributed by atoms with Crippen LogP contribution in [0.2, 0.25) is 0 Å². The van der Waals surface area contributed by atoms with Crippen molar-refractivity contribution in [1.82, 2.24) is 4.90 Å². The number of ether oxygens (including phenoxy) is 2. The number of furan rings is 1. The molecule has 1 aromatic heterocycles. The number of methoxy groups -OCH3 is 1. The van der Waals surface area contributed by atoms with Gasteiger partial charge in [0.15, 0.2) is 0 Å². The number of hydrogen-bond acceptors (Lipinski definition) is 5. The second-order valence-electron chi connectivity index (χ2n) is 4.59. The van der Waals surface area contributed by atoms with Crippen molar-refractivity contribution in [2.75, 3.05) is 34.0 Å². The maximum absolute atomic E-state index is 11.9. The summed E-state index contributed by atoms with van der Waals surface area (Å²) in [7, 11) is 3.22. The molecular formula is C14H21NO6. The molecule has 1 rings (SSSR count). The number of rotatable bonds is 9. The minimum Gasteiger partial charge on any atom is -0.478 e. The van der Waals surface area contributed by atoms with Crippen LogP contribution < -0.4 is 0 Å². The monoisotopic (exact) mass is 299 g/mol. The lowest BCUT2D eigenvalue weighted by molar-refractivity contribution is -0.131. The molecule has 0 aromatic carbocycles. The summed E-state index contributed by atoms with van der Waals surface area (Å²) in [5.74, 6) is -0.358. The van der Waals surface area contributed by atoms with Crippen molar-refractivity contribution in [3.05, 3.63) is 23.2 Å². The Kier molecular flexibility index (Phi) is 6.90. The number of carbonyl (C=O) groups excluding carboxylic acids is 1. The van der Waals surface area contributed by atoms with Crippen LogP contribution in [0.1, 0.15) is 28.3 Å². The van der Waals surface area contributed by atoms with E-state index in [-0.39, 0.29) is 24.4 Å². The van der Waals surface area contributed by atoms with E-state index in [1.165, 1.54) is 11.0 Å². The number of carbonyl (C=O) groups is 2. The molecule has 1 amide bonds. The van der Waals surface area contributed by atoms with Gasteiger partial charge in [0, 0.05) is 14.2 Å². The molecule has 0 unspecified atom stereocenters. The van der Waals surface area contributed by atoms with Gasteiger partial charge < -0.3 is 23.9 Å². The van der Waals surface area contributed by atoms with E-state index in [2.05, 4.69) is 0 Å². The molecule has 0 aliphatic carbocycles.